The summed E-state index contributed by atoms with van der Waals surface area (Å²) >= 11 is 0. The fourth-order valence-corrected chi connectivity index (χ4v) is 1.90. The molecule has 1 saturated carbocycles. The highest BCUT2D eigenvalue weighted by Crippen LogP contribution is 2.50. The van der Waals surface area contributed by atoms with Gasteiger partial charge in [-0.05, 0) is 24.8 Å². The summed E-state index contributed by atoms with van der Waals surface area (Å²) in [5.41, 5.74) is -0.779. The van der Waals surface area contributed by atoms with Crippen molar-refractivity contribution in [1.29, 1.82) is 0 Å². The number of hydrogen-bond acceptors (Lipinski definition) is 5. The zero-order valence-electron chi connectivity index (χ0n) is 9.54. The number of carboxylic acids is 1. The van der Waals surface area contributed by atoms with Crippen LogP contribution in [0.5, 0.6) is 11.5 Å². The van der Waals surface area contributed by atoms with Crippen LogP contribution >= 0.6 is 0 Å². The van der Waals surface area contributed by atoms with E-state index < -0.39 is 22.1 Å². The molecule has 7 nitrogen and oxygen atoms in total. The third-order valence-electron chi connectivity index (χ3n) is 2.89. The van der Waals surface area contributed by atoms with Crippen molar-refractivity contribution in [3.05, 3.63) is 27.3 Å². The van der Waals surface area contributed by atoms with Gasteiger partial charge in [-0.1, -0.05) is 0 Å². The van der Waals surface area contributed by atoms with E-state index in [0.717, 1.165) is 26.0 Å². The Morgan fingerprint density at radius 3 is 2.56 bits per heavy atom. The molecule has 0 aliphatic heterocycles. The first kappa shape index (κ1) is 12.2. The number of phenols is 1. The van der Waals surface area contributed by atoms with Gasteiger partial charge in [0, 0.05) is 5.56 Å². The summed E-state index contributed by atoms with van der Waals surface area (Å²) in [6.45, 7) is 0. The molecule has 0 aromatic heterocycles. The van der Waals surface area contributed by atoms with E-state index in [2.05, 4.69) is 0 Å². The number of aromatic hydroxyl groups is 1. The molecule has 7 heteroatoms. The Labute approximate surface area is 102 Å². The van der Waals surface area contributed by atoms with Crippen LogP contribution in [0.1, 0.15) is 34.7 Å². The predicted octanol–water partition coefficient (Wildman–Crippen LogP) is 1.88. The number of nitro benzene ring substituents is 1. The summed E-state index contributed by atoms with van der Waals surface area (Å²) < 4.78 is 4.79. The van der Waals surface area contributed by atoms with Crippen LogP contribution in [-0.4, -0.2) is 28.2 Å². The van der Waals surface area contributed by atoms with Crippen molar-refractivity contribution in [3.63, 3.8) is 0 Å². The molecule has 0 atom stereocenters. The third kappa shape index (κ3) is 1.83. The van der Waals surface area contributed by atoms with Gasteiger partial charge in [-0.2, -0.15) is 0 Å². The number of ether oxygens (including phenoxy) is 1. The molecule has 0 spiro atoms. The van der Waals surface area contributed by atoms with Crippen LogP contribution in [0, 0.1) is 10.1 Å². The summed E-state index contributed by atoms with van der Waals surface area (Å²) in [7, 11) is 1.16. The number of hydrogen-bond donors (Lipinski definition) is 2. The molecule has 0 amide bonds. The minimum atomic E-state index is -1.41. The topological polar surface area (TPSA) is 110 Å². The SMILES string of the molecule is COc1c(O)c(C2CC2)cc(C(=O)O)c1[N+](=O)[O-]. The monoisotopic (exact) mass is 253 g/mol. The number of carbonyl (C=O) groups is 1. The zero-order chi connectivity index (χ0) is 13.4. The van der Waals surface area contributed by atoms with Gasteiger partial charge >= 0.3 is 11.7 Å². The first-order valence-corrected chi connectivity index (χ1v) is 5.28. The van der Waals surface area contributed by atoms with Crippen molar-refractivity contribution in [1.82, 2.24) is 0 Å². The summed E-state index contributed by atoms with van der Waals surface area (Å²) in [5, 5.41) is 29.8. The lowest BCUT2D eigenvalue weighted by Gasteiger charge is -2.10. The molecule has 0 saturated heterocycles. The molecule has 0 unspecified atom stereocenters. The molecular formula is C11H11NO6. The second-order valence-electron chi connectivity index (χ2n) is 4.08. The lowest BCUT2D eigenvalue weighted by atomic mass is 10.0. The summed E-state index contributed by atoms with van der Waals surface area (Å²) in [6.07, 6.45) is 1.65. The van der Waals surface area contributed by atoms with Gasteiger partial charge in [-0.25, -0.2) is 4.79 Å². The van der Waals surface area contributed by atoms with Crippen LogP contribution in [0.3, 0.4) is 0 Å². The molecule has 1 aliphatic rings. The number of rotatable bonds is 4. The summed E-state index contributed by atoms with van der Waals surface area (Å²) in [5.74, 6) is -2.08. The van der Waals surface area contributed by atoms with Crippen LogP contribution in [0.2, 0.25) is 0 Å². The van der Waals surface area contributed by atoms with Gasteiger partial charge in [0.1, 0.15) is 5.56 Å². The fraction of sp³-hybridized carbons (Fsp3) is 0.364. The van der Waals surface area contributed by atoms with Gasteiger partial charge in [-0.3, -0.25) is 10.1 Å². The van der Waals surface area contributed by atoms with Crippen molar-refractivity contribution in [2.45, 2.75) is 18.8 Å². The lowest BCUT2D eigenvalue weighted by Crippen LogP contribution is -2.06. The van der Waals surface area contributed by atoms with Gasteiger partial charge in [0.05, 0.1) is 12.0 Å². The lowest BCUT2D eigenvalue weighted by molar-refractivity contribution is -0.386. The van der Waals surface area contributed by atoms with E-state index >= 15 is 0 Å². The van der Waals surface area contributed by atoms with Gasteiger partial charge in [0.25, 0.3) is 0 Å². The molecule has 0 bridgehead atoms. The Balaban J connectivity index is 2.74. The molecule has 1 aromatic rings. The highest BCUT2D eigenvalue weighted by atomic mass is 16.6. The number of nitro groups is 1. The Kier molecular flexibility index (Phi) is 2.82. The quantitative estimate of drug-likeness (QED) is 0.626. The van der Waals surface area contributed by atoms with Crippen molar-refractivity contribution in [2.75, 3.05) is 7.11 Å². The standard InChI is InChI=1S/C11H11NO6/c1-18-10-8(12(16)17)7(11(14)15)4-6(9(10)13)5-2-3-5/h4-5,13H,2-3H2,1H3,(H,14,15). The second kappa shape index (κ2) is 4.17. The van der Waals surface area contributed by atoms with E-state index in [-0.39, 0.29) is 17.4 Å². The second-order valence-corrected chi connectivity index (χ2v) is 4.08. The minimum Gasteiger partial charge on any atom is -0.504 e. The Bertz CT molecular complexity index is 535. The number of phenolic OH excluding ortho intramolecular Hbond substituents is 1. The normalized spacial score (nSPS) is 14.3. The minimum absolute atomic E-state index is 0.0535. The first-order chi connectivity index (χ1) is 8.47. The van der Waals surface area contributed by atoms with Gasteiger partial charge in [0.2, 0.25) is 5.75 Å². The highest BCUT2D eigenvalue weighted by molar-refractivity contribution is 5.95. The fourth-order valence-electron chi connectivity index (χ4n) is 1.90. The van der Waals surface area contributed by atoms with Crippen LogP contribution in [0.25, 0.3) is 0 Å². The van der Waals surface area contributed by atoms with E-state index in [1.807, 2.05) is 0 Å². The number of benzene rings is 1. The van der Waals surface area contributed by atoms with Crippen LogP contribution in [0.15, 0.2) is 6.07 Å². The number of carboxylic acid groups (broad SMARTS) is 1. The van der Waals surface area contributed by atoms with Crippen LogP contribution in [-0.2, 0) is 0 Å². The molecule has 18 heavy (non-hydrogen) atoms. The van der Waals surface area contributed by atoms with Gasteiger partial charge in [-0.15, -0.1) is 0 Å². The smallest absolute Gasteiger partial charge is 0.342 e. The molecule has 1 aromatic carbocycles. The molecule has 1 fully saturated rings. The van der Waals surface area contributed by atoms with Gasteiger partial charge in [0.15, 0.2) is 5.75 Å². The van der Waals surface area contributed by atoms with Crippen molar-refractivity contribution in [2.24, 2.45) is 0 Å². The van der Waals surface area contributed by atoms with E-state index in [9.17, 15) is 20.0 Å². The average molecular weight is 253 g/mol. The van der Waals surface area contributed by atoms with Crippen molar-refractivity contribution < 1.29 is 24.7 Å². The molecular weight excluding hydrogens is 242 g/mol. The molecule has 2 rings (SSSR count). The van der Waals surface area contributed by atoms with Crippen molar-refractivity contribution >= 4 is 11.7 Å². The van der Waals surface area contributed by atoms with Gasteiger partial charge < -0.3 is 14.9 Å². The van der Waals surface area contributed by atoms with Crippen molar-refractivity contribution in [3.8, 4) is 11.5 Å². The Hall–Kier alpha value is -2.31. The molecule has 1 aliphatic carbocycles. The van der Waals surface area contributed by atoms with E-state index in [1.165, 1.54) is 0 Å². The molecule has 96 valence electrons. The van der Waals surface area contributed by atoms with Crippen LogP contribution in [0.4, 0.5) is 5.69 Å². The maximum atomic E-state index is 11.1. The van der Waals surface area contributed by atoms with E-state index in [1.54, 1.807) is 0 Å². The Morgan fingerprint density at radius 2 is 2.17 bits per heavy atom. The highest BCUT2D eigenvalue weighted by Gasteiger charge is 2.35. The van der Waals surface area contributed by atoms with Crippen LogP contribution < -0.4 is 4.74 Å². The summed E-state index contributed by atoms with van der Waals surface area (Å²) in [4.78, 5) is 21.1. The first-order valence-electron chi connectivity index (χ1n) is 5.28. The average Bonchev–Trinajstić information content (AvgIpc) is 3.11. The number of aromatic carboxylic acids is 1. The van der Waals surface area contributed by atoms with E-state index in [4.69, 9.17) is 9.84 Å². The predicted molar refractivity (Wildman–Crippen MR) is 60.2 cm³/mol. The van der Waals surface area contributed by atoms with E-state index in [0.29, 0.717) is 5.56 Å². The zero-order valence-corrected chi connectivity index (χ0v) is 9.54. The number of methoxy groups -OCH3 is 1. The molecule has 2 N–H and O–H groups in total. The molecule has 0 radical (unpaired) electrons. The Morgan fingerprint density at radius 1 is 1.56 bits per heavy atom. The maximum Gasteiger partial charge on any atom is 0.342 e. The number of nitrogens with zero attached hydrogens (tertiary/aromatic N) is 1. The largest absolute Gasteiger partial charge is 0.504 e. The summed E-state index contributed by atoms with van der Waals surface area (Å²) in [6, 6.07) is 1.16. The maximum absolute atomic E-state index is 11.1. The molecule has 0 heterocycles. The third-order valence-corrected chi connectivity index (χ3v) is 2.89.